The fourth-order valence-electron chi connectivity index (χ4n) is 3.51. The van der Waals surface area contributed by atoms with Crippen molar-refractivity contribution in [1.82, 2.24) is 10.0 Å². The van der Waals surface area contributed by atoms with Crippen LogP contribution in [0.4, 0.5) is 0 Å². The Morgan fingerprint density at radius 2 is 1.74 bits per heavy atom. The summed E-state index contributed by atoms with van der Waals surface area (Å²) in [6.07, 6.45) is 4.37. The van der Waals surface area contributed by atoms with E-state index in [2.05, 4.69) is 10.0 Å². The van der Waals surface area contributed by atoms with Crippen molar-refractivity contribution in [1.29, 1.82) is 0 Å². The Bertz CT molecular complexity index is 902. The van der Waals surface area contributed by atoms with Crippen molar-refractivity contribution in [3.63, 3.8) is 0 Å². The second-order valence-electron chi connectivity index (χ2n) is 7.16. The topological polar surface area (TPSA) is 109 Å². The molecule has 7 nitrogen and oxygen atoms in total. The fourth-order valence-corrected chi connectivity index (χ4v) is 5.88. The van der Waals surface area contributed by atoms with Crippen molar-refractivity contribution in [2.75, 3.05) is 12.3 Å². The number of nitrogens with one attached hydrogen (secondary N) is 2. The summed E-state index contributed by atoms with van der Waals surface area (Å²) in [5.41, 5.74) is 0. The summed E-state index contributed by atoms with van der Waals surface area (Å²) < 4.78 is 50.0. The zero-order valence-corrected chi connectivity index (χ0v) is 16.5. The lowest BCUT2D eigenvalue weighted by Gasteiger charge is -2.28. The van der Waals surface area contributed by atoms with Gasteiger partial charge in [-0.25, -0.2) is 21.6 Å². The molecule has 1 aliphatic heterocycles. The van der Waals surface area contributed by atoms with E-state index in [1.165, 1.54) is 6.08 Å². The number of hydrogen-bond donors (Lipinski definition) is 2. The summed E-state index contributed by atoms with van der Waals surface area (Å²) in [4.78, 5) is 12.6. The third-order valence-electron chi connectivity index (χ3n) is 5.09. The molecule has 1 fully saturated rings. The lowest BCUT2D eigenvalue weighted by molar-refractivity contribution is -0.126. The molecule has 1 atom stereocenters. The number of hydrogen-bond acceptors (Lipinski definition) is 5. The molecule has 1 heterocycles. The van der Waals surface area contributed by atoms with Gasteiger partial charge < -0.3 is 5.32 Å². The van der Waals surface area contributed by atoms with E-state index in [0.29, 0.717) is 19.4 Å². The summed E-state index contributed by atoms with van der Waals surface area (Å²) in [5, 5.41) is 3.93. The van der Waals surface area contributed by atoms with Crippen molar-refractivity contribution in [2.24, 2.45) is 11.8 Å². The monoisotopic (exact) mass is 412 g/mol. The van der Waals surface area contributed by atoms with Crippen LogP contribution in [-0.4, -0.2) is 41.1 Å². The van der Waals surface area contributed by atoms with E-state index in [4.69, 9.17) is 0 Å². The number of sulfonamides is 1. The second kappa shape index (κ2) is 8.12. The van der Waals surface area contributed by atoms with E-state index >= 15 is 0 Å². The minimum Gasteiger partial charge on any atom is -0.349 e. The second-order valence-corrected chi connectivity index (χ2v) is 10.9. The van der Waals surface area contributed by atoms with Gasteiger partial charge in [-0.3, -0.25) is 4.79 Å². The van der Waals surface area contributed by atoms with Crippen molar-refractivity contribution >= 4 is 25.8 Å². The SMILES string of the molecule is O=C(N[C@@H]1C=CS(=O)(=O)C1)C1CCC(CNS(=O)(=O)c2ccccc2)CC1. The Balaban J connectivity index is 1.44. The van der Waals surface area contributed by atoms with E-state index in [-0.39, 0.29) is 28.4 Å². The third-order valence-corrected chi connectivity index (χ3v) is 7.93. The molecule has 0 saturated heterocycles. The van der Waals surface area contributed by atoms with Crippen LogP contribution in [0.25, 0.3) is 0 Å². The molecule has 0 aromatic heterocycles. The highest BCUT2D eigenvalue weighted by molar-refractivity contribution is 7.94. The summed E-state index contributed by atoms with van der Waals surface area (Å²) in [7, 11) is -6.70. The number of carbonyl (C=O) groups is 1. The first-order valence-electron chi connectivity index (χ1n) is 9.01. The maximum atomic E-state index is 12.3. The molecule has 0 unspecified atom stereocenters. The van der Waals surface area contributed by atoms with Gasteiger partial charge >= 0.3 is 0 Å². The van der Waals surface area contributed by atoms with Gasteiger partial charge in [-0.2, -0.15) is 0 Å². The number of carbonyl (C=O) groups excluding carboxylic acids is 1. The molecule has 0 spiro atoms. The smallest absolute Gasteiger partial charge is 0.240 e. The molecule has 2 aliphatic rings. The number of sulfone groups is 1. The van der Waals surface area contributed by atoms with Crippen LogP contribution in [0.15, 0.2) is 46.7 Å². The van der Waals surface area contributed by atoms with Gasteiger partial charge in [-0.05, 0) is 49.8 Å². The van der Waals surface area contributed by atoms with Crippen LogP contribution >= 0.6 is 0 Å². The number of rotatable bonds is 6. The zero-order valence-electron chi connectivity index (χ0n) is 14.9. The van der Waals surface area contributed by atoms with Crippen LogP contribution in [0.2, 0.25) is 0 Å². The Kier molecular flexibility index (Phi) is 6.02. The molecule has 1 amide bonds. The first-order chi connectivity index (χ1) is 12.8. The predicted molar refractivity (Wildman–Crippen MR) is 102 cm³/mol. The van der Waals surface area contributed by atoms with E-state index in [9.17, 15) is 21.6 Å². The molecule has 1 saturated carbocycles. The Morgan fingerprint density at radius 1 is 1.07 bits per heavy atom. The van der Waals surface area contributed by atoms with E-state index in [1.54, 1.807) is 30.3 Å². The molecule has 3 rings (SSSR count). The highest BCUT2D eigenvalue weighted by atomic mass is 32.2. The largest absolute Gasteiger partial charge is 0.349 e. The van der Waals surface area contributed by atoms with Gasteiger partial charge in [0.15, 0.2) is 9.84 Å². The maximum Gasteiger partial charge on any atom is 0.240 e. The van der Waals surface area contributed by atoms with Crippen LogP contribution in [0.3, 0.4) is 0 Å². The molecule has 9 heteroatoms. The molecular formula is C18H24N2O5S2. The van der Waals surface area contributed by atoms with Crippen LogP contribution in [0.5, 0.6) is 0 Å². The zero-order chi connectivity index (χ0) is 19.5. The average Bonchev–Trinajstić information content (AvgIpc) is 2.99. The average molecular weight is 413 g/mol. The van der Waals surface area contributed by atoms with Gasteiger partial charge in [0.05, 0.1) is 16.7 Å². The van der Waals surface area contributed by atoms with Crippen molar-refractivity contribution in [2.45, 2.75) is 36.6 Å². The summed E-state index contributed by atoms with van der Waals surface area (Å²) in [6, 6.07) is 7.80. The van der Waals surface area contributed by atoms with Crippen LogP contribution in [0, 0.1) is 11.8 Å². The Labute approximate surface area is 160 Å². The van der Waals surface area contributed by atoms with Gasteiger partial charge in [-0.1, -0.05) is 18.2 Å². The third kappa shape index (κ3) is 5.40. The van der Waals surface area contributed by atoms with Crippen LogP contribution < -0.4 is 10.0 Å². The lowest BCUT2D eigenvalue weighted by atomic mass is 9.81. The van der Waals surface area contributed by atoms with E-state index in [1.807, 2.05) is 0 Å². The highest BCUT2D eigenvalue weighted by Gasteiger charge is 2.30. The van der Waals surface area contributed by atoms with Crippen molar-refractivity contribution < 1.29 is 21.6 Å². The first kappa shape index (κ1) is 20.0. The van der Waals surface area contributed by atoms with Gasteiger partial charge in [0.25, 0.3) is 0 Å². The molecule has 1 aromatic rings. The summed E-state index contributed by atoms with van der Waals surface area (Å²) in [5.74, 6) is -0.150. The van der Waals surface area contributed by atoms with Crippen LogP contribution in [-0.2, 0) is 24.7 Å². The highest BCUT2D eigenvalue weighted by Crippen LogP contribution is 2.29. The molecule has 148 valence electrons. The fraction of sp³-hybridized carbons (Fsp3) is 0.500. The minimum absolute atomic E-state index is 0.0741. The van der Waals surface area contributed by atoms with Gasteiger partial charge in [0.2, 0.25) is 15.9 Å². The van der Waals surface area contributed by atoms with E-state index < -0.39 is 25.9 Å². The molecule has 0 bridgehead atoms. The number of amides is 1. The Hall–Kier alpha value is -1.71. The lowest BCUT2D eigenvalue weighted by Crippen LogP contribution is -2.41. The molecule has 1 aromatic carbocycles. The maximum absolute atomic E-state index is 12.3. The quantitative estimate of drug-likeness (QED) is 0.730. The normalized spacial score (nSPS) is 27.3. The molecular weight excluding hydrogens is 388 g/mol. The summed E-state index contributed by atoms with van der Waals surface area (Å²) >= 11 is 0. The molecule has 2 N–H and O–H groups in total. The minimum atomic E-state index is -3.51. The molecule has 0 radical (unpaired) electrons. The van der Waals surface area contributed by atoms with Gasteiger partial charge in [0, 0.05) is 17.9 Å². The van der Waals surface area contributed by atoms with Gasteiger partial charge in [0.1, 0.15) is 0 Å². The van der Waals surface area contributed by atoms with Crippen molar-refractivity contribution in [3.8, 4) is 0 Å². The molecule has 1 aliphatic carbocycles. The van der Waals surface area contributed by atoms with Gasteiger partial charge in [-0.15, -0.1) is 0 Å². The standard InChI is InChI=1S/C18H24N2O5S2/c21-18(20-16-10-11-26(22,23)13-16)15-8-6-14(7-9-15)12-19-27(24,25)17-4-2-1-3-5-17/h1-5,10-11,14-16,19H,6-9,12-13H2,(H,20,21)/t14?,15?,16-/m1/s1. The summed E-state index contributed by atoms with van der Waals surface area (Å²) in [6.45, 7) is 0.356. The predicted octanol–water partition coefficient (Wildman–Crippen LogP) is 1.20. The van der Waals surface area contributed by atoms with Crippen LogP contribution in [0.1, 0.15) is 25.7 Å². The Morgan fingerprint density at radius 3 is 2.33 bits per heavy atom. The first-order valence-corrected chi connectivity index (χ1v) is 12.2. The number of benzene rings is 1. The van der Waals surface area contributed by atoms with Crippen molar-refractivity contribution in [3.05, 3.63) is 41.8 Å². The van der Waals surface area contributed by atoms with E-state index in [0.717, 1.165) is 18.2 Å². The molecule has 27 heavy (non-hydrogen) atoms.